The van der Waals surface area contributed by atoms with Crippen molar-refractivity contribution in [2.75, 3.05) is 0 Å². The van der Waals surface area contributed by atoms with E-state index in [1.54, 1.807) is 6.33 Å². The number of carbonyl (C=O) groups is 1. The van der Waals surface area contributed by atoms with Gasteiger partial charge in [0.15, 0.2) is 0 Å². The minimum absolute atomic E-state index is 0.451. The van der Waals surface area contributed by atoms with Crippen LogP contribution in [-0.2, 0) is 16.8 Å². The van der Waals surface area contributed by atoms with E-state index < -0.39 is 11.4 Å². The highest BCUT2D eigenvalue weighted by atomic mass is 16.4. The van der Waals surface area contributed by atoms with Crippen molar-refractivity contribution in [3.63, 3.8) is 0 Å². The van der Waals surface area contributed by atoms with Gasteiger partial charge in [0.1, 0.15) is 5.41 Å². The van der Waals surface area contributed by atoms with Crippen LogP contribution in [0.4, 0.5) is 0 Å². The second-order valence-corrected chi connectivity index (χ2v) is 6.30. The van der Waals surface area contributed by atoms with Crippen LogP contribution in [0.5, 0.6) is 0 Å². The van der Waals surface area contributed by atoms with Gasteiger partial charge >= 0.3 is 5.97 Å². The summed E-state index contributed by atoms with van der Waals surface area (Å²) in [6.45, 7) is 4.56. The van der Waals surface area contributed by atoms with Crippen molar-refractivity contribution >= 4 is 5.97 Å². The maximum absolute atomic E-state index is 12.5. The fraction of sp³-hybridized carbons (Fsp3) is 0.238. The predicted octanol–water partition coefficient (Wildman–Crippen LogP) is 3.96. The topological polar surface area (TPSA) is 55.1 Å². The first-order valence-corrected chi connectivity index (χ1v) is 8.38. The molecule has 0 fully saturated rings. The van der Waals surface area contributed by atoms with Gasteiger partial charge in [-0.2, -0.15) is 0 Å². The number of carboxylic acid groups (broad SMARTS) is 1. The smallest absolute Gasteiger partial charge is 0.318 e. The molecule has 0 saturated heterocycles. The third kappa shape index (κ3) is 3.07. The summed E-state index contributed by atoms with van der Waals surface area (Å²) < 4.78 is 2.03. The molecule has 0 atom stereocenters. The summed E-state index contributed by atoms with van der Waals surface area (Å²) in [5, 5.41) is 10.3. The van der Waals surface area contributed by atoms with Gasteiger partial charge in [-0.3, -0.25) is 4.79 Å². The molecule has 3 aromatic rings. The van der Waals surface area contributed by atoms with Crippen LogP contribution in [-0.4, -0.2) is 20.6 Å². The largest absolute Gasteiger partial charge is 0.480 e. The van der Waals surface area contributed by atoms with E-state index in [0.717, 1.165) is 22.5 Å². The van der Waals surface area contributed by atoms with E-state index in [-0.39, 0.29) is 0 Å². The monoisotopic (exact) mass is 334 g/mol. The van der Waals surface area contributed by atoms with Gasteiger partial charge in [-0.25, -0.2) is 4.98 Å². The first-order chi connectivity index (χ1) is 12.1. The molecule has 1 N–H and O–H groups in total. The lowest BCUT2D eigenvalue weighted by Crippen LogP contribution is -2.38. The average molecular weight is 334 g/mol. The number of aryl methyl sites for hydroxylation is 2. The maximum Gasteiger partial charge on any atom is 0.318 e. The van der Waals surface area contributed by atoms with Gasteiger partial charge < -0.3 is 9.67 Å². The minimum atomic E-state index is -1.09. The number of benzene rings is 2. The summed E-state index contributed by atoms with van der Waals surface area (Å²) in [6, 6.07) is 19.0. The van der Waals surface area contributed by atoms with Crippen molar-refractivity contribution in [3.05, 3.63) is 89.5 Å². The molecule has 0 radical (unpaired) electrons. The van der Waals surface area contributed by atoms with E-state index in [1.807, 2.05) is 79.1 Å². The Morgan fingerprint density at radius 2 is 1.52 bits per heavy atom. The van der Waals surface area contributed by atoms with E-state index >= 15 is 0 Å². The molecule has 1 heterocycles. The summed E-state index contributed by atoms with van der Waals surface area (Å²) in [6.07, 6.45) is 2.24. The molecule has 0 unspecified atom stereocenters. The van der Waals surface area contributed by atoms with Crippen molar-refractivity contribution in [1.82, 2.24) is 9.55 Å². The molecule has 25 heavy (non-hydrogen) atoms. The zero-order valence-electron chi connectivity index (χ0n) is 14.5. The lowest BCUT2D eigenvalue weighted by molar-refractivity contribution is -0.142. The molecule has 2 aromatic carbocycles. The Bertz CT molecular complexity index is 815. The van der Waals surface area contributed by atoms with E-state index in [4.69, 9.17) is 0 Å². The fourth-order valence-electron chi connectivity index (χ4n) is 3.31. The van der Waals surface area contributed by atoms with Crippen LogP contribution >= 0.6 is 0 Å². The van der Waals surface area contributed by atoms with Crippen LogP contribution in [0.3, 0.4) is 0 Å². The quantitative estimate of drug-likeness (QED) is 0.742. The number of aromatic nitrogens is 2. The first-order valence-electron chi connectivity index (χ1n) is 8.38. The molecule has 0 spiro atoms. The Morgan fingerprint density at radius 3 is 1.92 bits per heavy atom. The molecule has 0 aliphatic carbocycles. The third-order valence-corrected chi connectivity index (χ3v) is 4.97. The van der Waals surface area contributed by atoms with Crippen molar-refractivity contribution in [2.45, 2.75) is 32.2 Å². The molecule has 0 amide bonds. The van der Waals surface area contributed by atoms with Crippen LogP contribution in [0.1, 0.15) is 28.9 Å². The maximum atomic E-state index is 12.5. The standard InChI is InChI=1S/C21H22N2O2/c1-16-17(2)23(15-22-16)14-13-21(20(24)25,18-9-5-3-6-10-18)19-11-7-4-8-12-19/h3-12,15H,13-14H2,1-2H3,(H,24,25). The average Bonchev–Trinajstić information content (AvgIpc) is 2.96. The first kappa shape index (κ1) is 17.0. The Morgan fingerprint density at radius 1 is 1.00 bits per heavy atom. The summed E-state index contributed by atoms with van der Waals surface area (Å²) in [4.78, 5) is 16.8. The second-order valence-electron chi connectivity index (χ2n) is 6.30. The van der Waals surface area contributed by atoms with Gasteiger partial charge in [0.2, 0.25) is 0 Å². The van der Waals surface area contributed by atoms with E-state index in [9.17, 15) is 9.90 Å². The molecule has 4 nitrogen and oxygen atoms in total. The Kier molecular flexibility index (Phi) is 4.70. The van der Waals surface area contributed by atoms with Crippen LogP contribution in [0.25, 0.3) is 0 Å². The van der Waals surface area contributed by atoms with Crippen molar-refractivity contribution < 1.29 is 9.90 Å². The molecular formula is C21H22N2O2. The summed E-state index contributed by atoms with van der Waals surface area (Å²) in [7, 11) is 0. The zero-order valence-corrected chi connectivity index (χ0v) is 14.5. The van der Waals surface area contributed by atoms with Crippen molar-refractivity contribution in [1.29, 1.82) is 0 Å². The highest BCUT2D eigenvalue weighted by Gasteiger charge is 2.41. The number of nitrogens with zero attached hydrogens (tertiary/aromatic N) is 2. The molecule has 3 rings (SSSR count). The number of hydrogen-bond acceptors (Lipinski definition) is 2. The highest BCUT2D eigenvalue weighted by molar-refractivity contribution is 5.86. The van der Waals surface area contributed by atoms with E-state index in [1.165, 1.54) is 0 Å². The molecule has 0 aliphatic heterocycles. The van der Waals surface area contributed by atoms with E-state index in [2.05, 4.69) is 4.98 Å². The van der Waals surface area contributed by atoms with Gasteiger partial charge in [0.05, 0.1) is 12.0 Å². The SMILES string of the molecule is Cc1ncn(CCC(C(=O)O)(c2ccccc2)c2ccccc2)c1C. The molecule has 4 heteroatoms. The van der Waals surface area contributed by atoms with E-state index in [0.29, 0.717) is 13.0 Å². The lowest BCUT2D eigenvalue weighted by Gasteiger charge is -2.31. The van der Waals surface area contributed by atoms with Crippen LogP contribution in [0.15, 0.2) is 67.0 Å². The van der Waals surface area contributed by atoms with Crippen LogP contribution in [0.2, 0.25) is 0 Å². The number of imidazole rings is 1. The summed E-state index contributed by atoms with van der Waals surface area (Å²) in [5.74, 6) is -0.834. The van der Waals surface area contributed by atoms with Crippen molar-refractivity contribution in [3.8, 4) is 0 Å². The molecule has 1 aromatic heterocycles. The number of aliphatic carboxylic acids is 1. The third-order valence-electron chi connectivity index (χ3n) is 4.97. The number of carboxylic acids is 1. The van der Waals surface area contributed by atoms with Gasteiger partial charge in [-0.1, -0.05) is 60.7 Å². The van der Waals surface area contributed by atoms with Crippen LogP contribution < -0.4 is 0 Å². The van der Waals surface area contributed by atoms with Crippen molar-refractivity contribution in [2.24, 2.45) is 0 Å². The van der Waals surface area contributed by atoms with Gasteiger partial charge in [-0.05, 0) is 31.4 Å². The summed E-state index contributed by atoms with van der Waals surface area (Å²) in [5.41, 5.74) is 2.54. The second kappa shape index (κ2) is 6.93. The van der Waals surface area contributed by atoms with Gasteiger partial charge in [0.25, 0.3) is 0 Å². The molecular weight excluding hydrogens is 312 g/mol. The minimum Gasteiger partial charge on any atom is -0.480 e. The van der Waals surface area contributed by atoms with Crippen LogP contribution in [0, 0.1) is 13.8 Å². The lowest BCUT2D eigenvalue weighted by atomic mass is 9.72. The Labute approximate surface area is 147 Å². The molecule has 0 bridgehead atoms. The number of hydrogen-bond donors (Lipinski definition) is 1. The van der Waals surface area contributed by atoms with Gasteiger partial charge in [-0.15, -0.1) is 0 Å². The molecule has 128 valence electrons. The fourth-order valence-corrected chi connectivity index (χ4v) is 3.31. The Hall–Kier alpha value is -2.88. The highest BCUT2D eigenvalue weighted by Crippen LogP contribution is 2.36. The number of rotatable bonds is 6. The molecule has 0 saturated carbocycles. The zero-order chi connectivity index (χ0) is 17.9. The Balaban J connectivity index is 2.08. The van der Waals surface area contributed by atoms with Gasteiger partial charge in [0, 0.05) is 12.2 Å². The predicted molar refractivity (Wildman–Crippen MR) is 97.6 cm³/mol. The normalized spacial score (nSPS) is 11.4. The molecule has 0 aliphatic rings. The summed E-state index contributed by atoms with van der Waals surface area (Å²) >= 11 is 0.